The predicted octanol–water partition coefficient (Wildman–Crippen LogP) is 3.20. The van der Waals surface area contributed by atoms with Crippen molar-refractivity contribution in [2.75, 3.05) is 19.7 Å². The van der Waals surface area contributed by atoms with E-state index in [0.29, 0.717) is 25.3 Å². The molecule has 0 bridgehead atoms. The number of carbonyl (C=O) groups is 1. The lowest BCUT2D eigenvalue weighted by molar-refractivity contribution is -0.154. The zero-order chi connectivity index (χ0) is 17.0. The molecule has 1 aromatic carbocycles. The molecule has 1 aromatic rings. The van der Waals surface area contributed by atoms with E-state index in [-0.39, 0.29) is 17.9 Å². The number of nitrogens with zero attached hydrogens (tertiary/aromatic N) is 1. The molecular weight excluding hydrogens is 309 g/mol. The lowest BCUT2D eigenvalue weighted by Crippen LogP contribution is -2.53. The number of amides is 1. The summed E-state index contributed by atoms with van der Waals surface area (Å²) in [7, 11) is 0. The highest BCUT2D eigenvalue weighted by molar-refractivity contribution is 5.77. The molecular formula is C19H26FNO3. The highest BCUT2D eigenvalue weighted by atomic mass is 19.1. The van der Waals surface area contributed by atoms with Crippen molar-refractivity contribution in [3.05, 3.63) is 35.6 Å². The largest absolute Gasteiger partial charge is 0.388 e. The molecule has 5 heteroatoms. The third-order valence-corrected chi connectivity index (χ3v) is 5.22. The third kappa shape index (κ3) is 4.14. The maximum atomic E-state index is 13.3. The van der Waals surface area contributed by atoms with Gasteiger partial charge in [-0.05, 0) is 30.5 Å². The number of ether oxygens (including phenoxy) is 1. The van der Waals surface area contributed by atoms with Crippen LogP contribution < -0.4 is 0 Å². The maximum Gasteiger partial charge on any atom is 0.225 e. The van der Waals surface area contributed by atoms with Crippen molar-refractivity contribution < 1.29 is 19.0 Å². The third-order valence-electron chi connectivity index (χ3n) is 5.22. The lowest BCUT2D eigenvalue weighted by Gasteiger charge is -2.42. The monoisotopic (exact) mass is 335 g/mol. The van der Waals surface area contributed by atoms with Crippen LogP contribution in [-0.2, 0) is 9.53 Å². The van der Waals surface area contributed by atoms with Gasteiger partial charge in [-0.3, -0.25) is 4.79 Å². The first-order valence-corrected chi connectivity index (χ1v) is 8.93. The van der Waals surface area contributed by atoms with Crippen LogP contribution in [0.5, 0.6) is 0 Å². The van der Waals surface area contributed by atoms with Gasteiger partial charge in [-0.15, -0.1) is 0 Å². The molecule has 0 aromatic heterocycles. The summed E-state index contributed by atoms with van der Waals surface area (Å²) in [6.45, 7) is 1.74. The minimum absolute atomic E-state index is 0.0144. The van der Waals surface area contributed by atoms with Crippen LogP contribution in [0.1, 0.15) is 56.6 Å². The summed E-state index contributed by atoms with van der Waals surface area (Å²) in [6, 6.07) is 5.81. The molecule has 1 aliphatic heterocycles. The highest BCUT2D eigenvalue weighted by Crippen LogP contribution is 2.34. The molecule has 2 aliphatic rings. The molecule has 1 saturated carbocycles. The van der Waals surface area contributed by atoms with Crippen molar-refractivity contribution >= 4 is 5.91 Å². The van der Waals surface area contributed by atoms with Crippen LogP contribution >= 0.6 is 0 Å². The second kappa shape index (κ2) is 7.62. The fourth-order valence-electron chi connectivity index (χ4n) is 3.86. The van der Waals surface area contributed by atoms with Crippen LogP contribution in [0.4, 0.5) is 4.39 Å². The number of aliphatic hydroxyl groups excluding tert-OH is 1. The van der Waals surface area contributed by atoms with Crippen molar-refractivity contribution in [2.45, 2.75) is 56.7 Å². The van der Waals surface area contributed by atoms with E-state index < -0.39 is 11.9 Å². The van der Waals surface area contributed by atoms with Crippen LogP contribution in [0.3, 0.4) is 0 Å². The number of hydrogen-bond donors (Lipinski definition) is 1. The molecule has 1 saturated heterocycles. The number of hydrogen-bond acceptors (Lipinski definition) is 3. The number of carbonyl (C=O) groups excluding carboxylic acids is 1. The lowest BCUT2D eigenvalue weighted by atomic mass is 9.92. The summed E-state index contributed by atoms with van der Waals surface area (Å²) in [6.07, 6.45) is 5.78. The van der Waals surface area contributed by atoms with Gasteiger partial charge < -0.3 is 14.7 Å². The fraction of sp³-hybridized carbons (Fsp3) is 0.632. The van der Waals surface area contributed by atoms with Crippen molar-refractivity contribution in [3.63, 3.8) is 0 Å². The van der Waals surface area contributed by atoms with Gasteiger partial charge in [0.15, 0.2) is 0 Å². The summed E-state index contributed by atoms with van der Waals surface area (Å²) in [4.78, 5) is 14.4. The SMILES string of the molecule is O=C(CC(O)c1cccc(F)c1)N1CCOC2(CCCCCC2)C1. The van der Waals surface area contributed by atoms with Gasteiger partial charge >= 0.3 is 0 Å². The summed E-state index contributed by atoms with van der Waals surface area (Å²) in [5, 5.41) is 10.2. The summed E-state index contributed by atoms with van der Waals surface area (Å²) < 4.78 is 19.3. The predicted molar refractivity (Wildman–Crippen MR) is 88.9 cm³/mol. The summed E-state index contributed by atoms with van der Waals surface area (Å²) >= 11 is 0. The first kappa shape index (κ1) is 17.4. The van der Waals surface area contributed by atoms with Crippen LogP contribution in [0.2, 0.25) is 0 Å². The molecule has 24 heavy (non-hydrogen) atoms. The van der Waals surface area contributed by atoms with Crippen LogP contribution in [-0.4, -0.2) is 41.2 Å². The van der Waals surface area contributed by atoms with Crippen molar-refractivity contribution in [1.82, 2.24) is 4.90 Å². The molecule has 1 N–H and O–H groups in total. The van der Waals surface area contributed by atoms with Crippen LogP contribution in [0.25, 0.3) is 0 Å². The Balaban J connectivity index is 1.62. The van der Waals surface area contributed by atoms with E-state index in [0.717, 1.165) is 25.7 Å². The second-order valence-electron chi connectivity index (χ2n) is 7.04. The summed E-state index contributed by atoms with van der Waals surface area (Å²) in [5.41, 5.74) is 0.245. The first-order chi connectivity index (χ1) is 11.6. The van der Waals surface area contributed by atoms with Crippen LogP contribution in [0, 0.1) is 5.82 Å². The van der Waals surface area contributed by atoms with Gasteiger partial charge in [0.25, 0.3) is 0 Å². The van der Waals surface area contributed by atoms with Gasteiger partial charge in [-0.2, -0.15) is 0 Å². The number of halogens is 1. The highest BCUT2D eigenvalue weighted by Gasteiger charge is 2.38. The minimum atomic E-state index is -0.971. The zero-order valence-electron chi connectivity index (χ0n) is 14.0. The topological polar surface area (TPSA) is 49.8 Å². The first-order valence-electron chi connectivity index (χ1n) is 8.93. The van der Waals surface area contributed by atoms with Crippen LogP contribution in [0.15, 0.2) is 24.3 Å². The Kier molecular flexibility index (Phi) is 5.51. The molecule has 1 atom stereocenters. The molecule has 0 radical (unpaired) electrons. The van der Waals surface area contributed by atoms with Gasteiger partial charge in [-0.25, -0.2) is 4.39 Å². The summed E-state index contributed by atoms with van der Waals surface area (Å²) in [5.74, 6) is -0.485. The van der Waals surface area contributed by atoms with E-state index in [4.69, 9.17) is 4.74 Å². The van der Waals surface area contributed by atoms with Crippen molar-refractivity contribution in [3.8, 4) is 0 Å². The quantitative estimate of drug-likeness (QED) is 0.923. The van der Waals surface area contributed by atoms with Gasteiger partial charge in [0.1, 0.15) is 5.82 Å². The smallest absolute Gasteiger partial charge is 0.225 e. The Morgan fingerprint density at radius 2 is 2.04 bits per heavy atom. The Morgan fingerprint density at radius 3 is 2.75 bits per heavy atom. The molecule has 1 heterocycles. The van der Waals surface area contributed by atoms with E-state index in [2.05, 4.69) is 0 Å². The fourth-order valence-corrected chi connectivity index (χ4v) is 3.86. The van der Waals surface area contributed by atoms with E-state index in [1.54, 1.807) is 12.1 Å². The average molecular weight is 335 g/mol. The molecule has 1 spiro atoms. The standard InChI is InChI=1S/C19H26FNO3/c20-16-7-5-6-15(12-16)17(22)13-18(23)21-10-11-24-19(14-21)8-3-1-2-4-9-19/h5-7,12,17,22H,1-4,8-11,13-14H2. The van der Waals surface area contributed by atoms with Crippen molar-refractivity contribution in [1.29, 1.82) is 0 Å². The molecule has 1 amide bonds. The number of rotatable bonds is 3. The Hall–Kier alpha value is -1.46. The minimum Gasteiger partial charge on any atom is -0.388 e. The van der Waals surface area contributed by atoms with Gasteiger partial charge in [-0.1, -0.05) is 37.8 Å². The molecule has 2 fully saturated rings. The molecule has 132 valence electrons. The molecule has 4 nitrogen and oxygen atoms in total. The average Bonchev–Trinajstić information content (AvgIpc) is 2.80. The van der Waals surface area contributed by atoms with E-state index in [1.807, 2.05) is 4.90 Å². The number of aliphatic hydroxyl groups is 1. The van der Waals surface area contributed by atoms with Gasteiger partial charge in [0.2, 0.25) is 5.91 Å². The Bertz CT molecular complexity index is 569. The van der Waals surface area contributed by atoms with Crippen molar-refractivity contribution in [2.24, 2.45) is 0 Å². The molecule has 1 unspecified atom stereocenters. The Morgan fingerprint density at radius 1 is 1.29 bits per heavy atom. The molecule has 3 rings (SSSR count). The number of benzene rings is 1. The molecule has 1 aliphatic carbocycles. The van der Waals surface area contributed by atoms with E-state index >= 15 is 0 Å². The van der Waals surface area contributed by atoms with E-state index in [9.17, 15) is 14.3 Å². The van der Waals surface area contributed by atoms with E-state index in [1.165, 1.54) is 25.0 Å². The zero-order valence-corrected chi connectivity index (χ0v) is 14.0. The maximum absolute atomic E-state index is 13.3. The second-order valence-corrected chi connectivity index (χ2v) is 7.04. The van der Waals surface area contributed by atoms with Gasteiger partial charge in [0, 0.05) is 13.1 Å². The normalized spacial score (nSPS) is 22.2. The Labute approximate surface area is 142 Å². The van der Waals surface area contributed by atoms with Gasteiger partial charge in [0.05, 0.1) is 24.7 Å². The number of morpholine rings is 1.